The summed E-state index contributed by atoms with van der Waals surface area (Å²) < 4.78 is 25.3. The van der Waals surface area contributed by atoms with Crippen molar-refractivity contribution >= 4 is 17.3 Å². The topological polar surface area (TPSA) is 101 Å². The highest BCUT2D eigenvalue weighted by Crippen LogP contribution is 2.28. The summed E-state index contributed by atoms with van der Waals surface area (Å²) in [4.78, 5) is 10.6. The van der Waals surface area contributed by atoms with E-state index in [1.165, 1.54) is 12.1 Å². The number of hydrogen-bond donors (Lipinski definition) is 4. The van der Waals surface area contributed by atoms with Gasteiger partial charge in [0.15, 0.2) is 0 Å². The van der Waals surface area contributed by atoms with Gasteiger partial charge in [0.25, 0.3) is 6.43 Å². The van der Waals surface area contributed by atoms with Crippen molar-refractivity contribution in [2.24, 2.45) is 5.73 Å². The van der Waals surface area contributed by atoms with E-state index < -0.39 is 18.4 Å². The number of primary amides is 1. The summed E-state index contributed by atoms with van der Waals surface area (Å²) in [6.07, 6.45) is -4.13. The Morgan fingerprint density at radius 1 is 1.47 bits per heavy atom. The number of carbonyl (C=O) groups excluding carboxylic acids is 1. The molecular formula is C10H13F2N3O2. The van der Waals surface area contributed by atoms with Crippen LogP contribution in [0.3, 0.4) is 0 Å². The first-order chi connectivity index (χ1) is 7.91. The first-order valence-corrected chi connectivity index (χ1v) is 4.80. The van der Waals surface area contributed by atoms with Crippen LogP contribution in [0, 0.1) is 0 Å². The second-order valence-electron chi connectivity index (χ2n) is 3.45. The zero-order valence-electron chi connectivity index (χ0n) is 8.86. The molecule has 1 rings (SSSR count). The van der Waals surface area contributed by atoms with Crippen LogP contribution >= 0.6 is 0 Å². The zero-order chi connectivity index (χ0) is 13.0. The summed E-state index contributed by atoms with van der Waals surface area (Å²) in [5.74, 6) is -0.924. The predicted molar refractivity (Wildman–Crippen MR) is 59.5 cm³/mol. The molecule has 5 nitrogen and oxygen atoms in total. The van der Waals surface area contributed by atoms with E-state index in [-0.39, 0.29) is 23.5 Å². The van der Waals surface area contributed by atoms with Gasteiger partial charge in [-0.1, -0.05) is 0 Å². The lowest BCUT2D eigenvalue weighted by Crippen LogP contribution is -2.34. The number of nitrogen functional groups attached to an aromatic ring is 1. The lowest BCUT2D eigenvalue weighted by Gasteiger charge is -2.14. The van der Waals surface area contributed by atoms with E-state index in [0.29, 0.717) is 0 Å². The van der Waals surface area contributed by atoms with Crippen LogP contribution in [0.5, 0.6) is 0 Å². The molecule has 0 spiro atoms. The molecule has 0 bridgehead atoms. The van der Waals surface area contributed by atoms with Crippen LogP contribution in [0.15, 0.2) is 18.2 Å². The third-order valence-corrected chi connectivity index (χ3v) is 2.13. The minimum absolute atomic E-state index is 0.106. The summed E-state index contributed by atoms with van der Waals surface area (Å²) in [5.41, 5.74) is 10.2. The normalized spacial score (nSPS) is 12.5. The highest BCUT2D eigenvalue weighted by molar-refractivity contribution is 5.79. The Morgan fingerprint density at radius 2 is 2.12 bits per heavy atom. The van der Waals surface area contributed by atoms with E-state index in [4.69, 9.17) is 16.6 Å². The van der Waals surface area contributed by atoms with E-state index in [1.54, 1.807) is 0 Å². The highest BCUT2D eigenvalue weighted by atomic mass is 19.3. The van der Waals surface area contributed by atoms with Gasteiger partial charge < -0.3 is 21.9 Å². The molecular weight excluding hydrogens is 232 g/mol. The molecule has 0 aliphatic rings. The van der Waals surface area contributed by atoms with Crippen LogP contribution < -0.4 is 16.8 Å². The number of aliphatic hydroxyl groups is 1. The Balaban J connectivity index is 2.80. The zero-order valence-corrected chi connectivity index (χ0v) is 8.86. The van der Waals surface area contributed by atoms with Crippen molar-refractivity contribution in [3.05, 3.63) is 23.8 Å². The number of aliphatic hydroxyl groups excluding tert-OH is 1. The fourth-order valence-electron chi connectivity index (χ4n) is 1.23. The number of anilines is 2. The molecule has 0 saturated heterocycles. The molecule has 0 saturated carbocycles. The van der Waals surface area contributed by atoms with Gasteiger partial charge >= 0.3 is 0 Å². The van der Waals surface area contributed by atoms with E-state index in [0.717, 1.165) is 6.07 Å². The van der Waals surface area contributed by atoms with Gasteiger partial charge in [0.2, 0.25) is 5.91 Å². The van der Waals surface area contributed by atoms with Gasteiger partial charge in [0.05, 0.1) is 0 Å². The van der Waals surface area contributed by atoms with Gasteiger partial charge in [0, 0.05) is 23.5 Å². The summed E-state index contributed by atoms with van der Waals surface area (Å²) in [5, 5.41) is 11.6. The molecule has 0 aliphatic carbocycles. The quantitative estimate of drug-likeness (QED) is 0.566. The lowest BCUT2D eigenvalue weighted by atomic mass is 10.1. The van der Waals surface area contributed by atoms with Crippen molar-refractivity contribution in [2.45, 2.75) is 12.5 Å². The van der Waals surface area contributed by atoms with Crippen LogP contribution in [0.4, 0.5) is 20.2 Å². The van der Waals surface area contributed by atoms with Crippen LogP contribution in [-0.2, 0) is 4.79 Å². The lowest BCUT2D eigenvalue weighted by molar-refractivity contribution is -0.125. The monoisotopic (exact) mass is 245 g/mol. The fraction of sp³-hybridized carbons (Fsp3) is 0.300. The molecule has 1 amide bonds. The van der Waals surface area contributed by atoms with Crippen LogP contribution in [-0.4, -0.2) is 23.7 Å². The number of halogens is 2. The van der Waals surface area contributed by atoms with Crippen molar-refractivity contribution < 1.29 is 18.7 Å². The summed E-state index contributed by atoms with van der Waals surface area (Å²) >= 11 is 0. The first kappa shape index (κ1) is 13.2. The van der Waals surface area contributed by atoms with Crippen molar-refractivity contribution in [3.63, 3.8) is 0 Å². The highest BCUT2D eigenvalue weighted by Gasteiger charge is 2.15. The number of nitrogens with one attached hydrogen (secondary N) is 1. The van der Waals surface area contributed by atoms with Crippen molar-refractivity contribution in [1.29, 1.82) is 0 Å². The van der Waals surface area contributed by atoms with E-state index in [9.17, 15) is 13.6 Å². The largest absolute Gasteiger partial charge is 0.399 e. The Kier molecular flexibility index (Phi) is 4.22. The second-order valence-corrected chi connectivity index (χ2v) is 3.45. The van der Waals surface area contributed by atoms with Gasteiger partial charge in [-0.2, -0.15) is 0 Å². The maximum atomic E-state index is 12.6. The molecule has 0 radical (unpaired) electrons. The van der Waals surface area contributed by atoms with Crippen LogP contribution in [0.1, 0.15) is 12.0 Å². The predicted octanol–water partition coefficient (Wildman–Crippen LogP) is 0.464. The molecule has 0 heterocycles. The number of hydrogen-bond acceptors (Lipinski definition) is 4. The smallest absolute Gasteiger partial charge is 0.265 e. The molecule has 0 aromatic heterocycles. The average molecular weight is 245 g/mol. The number of benzene rings is 1. The van der Waals surface area contributed by atoms with Crippen molar-refractivity contribution in [1.82, 2.24) is 0 Å². The summed E-state index contributed by atoms with van der Waals surface area (Å²) in [6, 6.07) is 3.92. The average Bonchev–Trinajstić information content (AvgIpc) is 2.26. The van der Waals surface area contributed by atoms with Gasteiger partial charge in [-0.3, -0.25) is 4.79 Å². The number of nitrogens with two attached hydrogens (primary N) is 2. The molecule has 0 aliphatic heterocycles. The maximum absolute atomic E-state index is 12.6. The first-order valence-electron chi connectivity index (χ1n) is 4.80. The van der Waals surface area contributed by atoms with E-state index in [2.05, 4.69) is 5.32 Å². The number of rotatable bonds is 5. The molecule has 1 atom stereocenters. The Labute approximate surface area is 96.4 Å². The number of alkyl halides is 2. The standard InChI is InChI=1S/C10H13F2N3O2/c11-9(12)6-3-5(13)1-2-7(6)15-4-8(16)10(14)17/h1-3,8-9,15-16H,4,13H2,(H2,14,17). The van der Waals surface area contributed by atoms with Crippen molar-refractivity contribution in [2.75, 3.05) is 17.6 Å². The molecule has 1 aromatic rings. The van der Waals surface area contributed by atoms with Gasteiger partial charge in [0.1, 0.15) is 6.10 Å². The maximum Gasteiger partial charge on any atom is 0.265 e. The summed E-state index contributed by atoms with van der Waals surface area (Å²) in [7, 11) is 0. The molecule has 1 aromatic carbocycles. The second kappa shape index (κ2) is 5.44. The Morgan fingerprint density at radius 3 is 2.65 bits per heavy atom. The Bertz CT molecular complexity index is 413. The fourth-order valence-corrected chi connectivity index (χ4v) is 1.23. The molecule has 1 unspecified atom stereocenters. The summed E-state index contributed by atoms with van der Waals surface area (Å²) in [6.45, 7) is -0.237. The van der Waals surface area contributed by atoms with Crippen molar-refractivity contribution in [3.8, 4) is 0 Å². The van der Waals surface area contributed by atoms with Gasteiger partial charge in [-0.15, -0.1) is 0 Å². The van der Waals surface area contributed by atoms with E-state index >= 15 is 0 Å². The van der Waals surface area contributed by atoms with Gasteiger partial charge in [-0.25, -0.2) is 8.78 Å². The molecule has 94 valence electrons. The molecule has 0 fully saturated rings. The Hall–Kier alpha value is -1.89. The van der Waals surface area contributed by atoms with Crippen LogP contribution in [0.2, 0.25) is 0 Å². The number of amides is 1. The van der Waals surface area contributed by atoms with Gasteiger partial charge in [-0.05, 0) is 18.2 Å². The SMILES string of the molecule is NC(=O)C(O)CNc1ccc(N)cc1C(F)F. The molecule has 7 heteroatoms. The number of carbonyl (C=O) groups is 1. The third-order valence-electron chi connectivity index (χ3n) is 2.13. The minimum atomic E-state index is -2.70. The molecule has 17 heavy (non-hydrogen) atoms. The van der Waals surface area contributed by atoms with Crippen LogP contribution in [0.25, 0.3) is 0 Å². The molecule has 6 N–H and O–H groups in total. The third kappa shape index (κ3) is 3.56. The van der Waals surface area contributed by atoms with E-state index in [1.807, 2.05) is 0 Å². The minimum Gasteiger partial charge on any atom is -0.399 e.